The molecule has 0 heterocycles. The molecule has 3 aromatic rings. The summed E-state index contributed by atoms with van der Waals surface area (Å²) in [6, 6.07) is 18.0. The van der Waals surface area contributed by atoms with Gasteiger partial charge in [-0.2, -0.15) is 18.4 Å². The first-order valence-corrected chi connectivity index (χ1v) is 7.96. The minimum atomic E-state index is -4.62. The summed E-state index contributed by atoms with van der Waals surface area (Å²) < 4.78 is 58.0. The molecule has 6 heteroatoms. The number of rotatable bonds is 4. The molecule has 0 fully saturated rings. The number of nitriles is 1. The van der Waals surface area contributed by atoms with Gasteiger partial charge in [0.1, 0.15) is 24.2 Å². The van der Waals surface area contributed by atoms with Gasteiger partial charge in [-0.15, -0.1) is 0 Å². The number of ether oxygens (including phenoxy) is 1. The van der Waals surface area contributed by atoms with Crippen molar-refractivity contribution in [1.82, 2.24) is 0 Å². The highest BCUT2D eigenvalue weighted by atomic mass is 19.4. The maximum atomic E-state index is 14.2. The molecule has 0 amide bonds. The van der Waals surface area contributed by atoms with Gasteiger partial charge in [-0.05, 0) is 35.4 Å². The molecule has 0 aliphatic rings. The summed E-state index contributed by atoms with van der Waals surface area (Å²) in [5, 5.41) is 9.23. The summed E-state index contributed by atoms with van der Waals surface area (Å²) in [5.41, 5.74) is 0.396. The van der Waals surface area contributed by atoms with E-state index in [0.29, 0.717) is 11.6 Å². The Morgan fingerprint density at radius 3 is 2.30 bits per heavy atom. The summed E-state index contributed by atoms with van der Waals surface area (Å²) in [6.07, 6.45) is -4.62. The SMILES string of the molecule is N#Cc1ccc(-c2ccc(C(F)(F)F)cc2F)cc1OCc1ccccc1. The van der Waals surface area contributed by atoms with Crippen molar-refractivity contribution in [2.45, 2.75) is 12.8 Å². The van der Waals surface area contributed by atoms with E-state index in [1.54, 1.807) is 0 Å². The molecule has 0 atom stereocenters. The Bertz CT molecular complexity index is 991. The van der Waals surface area contributed by atoms with Gasteiger partial charge in [0.25, 0.3) is 0 Å². The van der Waals surface area contributed by atoms with Crippen LogP contribution in [0, 0.1) is 17.1 Å². The summed E-state index contributed by atoms with van der Waals surface area (Å²) in [7, 11) is 0. The molecule has 0 N–H and O–H groups in total. The Labute approximate surface area is 153 Å². The van der Waals surface area contributed by atoms with Crippen LogP contribution in [0.15, 0.2) is 66.7 Å². The lowest BCUT2D eigenvalue weighted by molar-refractivity contribution is -0.137. The fourth-order valence-electron chi connectivity index (χ4n) is 2.56. The molecule has 3 aromatic carbocycles. The Morgan fingerprint density at radius 2 is 1.67 bits per heavy atom. The number of hydrogen-bond donors (Lipinski definition) is 0. The Kier molecular flexibility index (Phi) is 5.13. The van der Waals surface area contributed by atoms with Gasteiger partial charge in [-0.1, -0.05) is 42.5 Å². The smallest absolute Gasteiger partial charge is 0.416 e. The molecule has 0 unspecified atom stereocenters. The number of nitrogens with zero attached hydrogens (tertiary/aromatic N) is 1. The number of hydrogen-bond acceptors (Lipinski definition) is 2. The van der Waals surface area contributed by atoms with Crippen LogP contribution < -0.4 is 4.74 Å². The number of alkyl halides is 3. The van der Waals surface area contributed by atoms with Crippen molar-refractivity contribution in [2.75, 3.05) is 0 Å². The lowest BCUT2D eigenvalue weighted by Crippen LogP contribution is -2.05. The molecular formula is C21H13F4NO. The topological polar surface area (TPSA) is 33.0 Å². The number of benzene rings is 3. The standard InChI is InChI=1S/C21H13F4NO/c22-19-11-17(21(23,24)25)8-9-18(19)15-6-7-16(12-26)20(10-15)27-13-14-4-2-1-3-5-14/h1-11H,13H2. The Morgan fingerprint density at radius 1 is 0.926 bits per heavy atom. The first kappa shape index (κ1) is 18.5. The van der Waals surface area contributed by atoms with E-state index in [1.165, 1.54) is 18.2 Å². The molecule has 0 aliphatic heterocycles. The number of halogens is 4. The molecule has 136 valence electrons. The highest BCUT2D eigenvalue weighted by Crippen LogP contribution is 2.34. The Balaban J connectivity index is 1.92. The van der Waals surface area contributed by atoms with Crippen LogP contribution in [0.5, 0.6) is 5.75 Å². The van der Waals surface area contributed by atoms with Crippen LogP contribution in [0.3, 0.4) is 0 Å². The van der Waals surface area contributed by atoms with E-state index in [1.807, 2.05) is 36.4 Å². The van der Waals surface area contributed by atoms with Crippen molar-refractivity contribution in [1.29, 1.82) is 5.26 Å². The van der Waals surface area contributed by atoms with Gasteiger partial charge < -0.3 is 4.74 Å². The van der Waals surface area contributed by atoms with E-state index in [0.717, 1.165) is 17.7 Å². The largest absolute Gasteiger partial charge is 0.488 e. The van der Waals surface area contributed by atoms with E-state index in [9.17, 15) is 22.8 Å². The third kappa shape index (κ3) is 4.26. The molecule has 0 aromatic heterocycles. The maximum absolute atomic E-state index is 14.2. The third-order valence-corrected chi connectivity index (χ3v) is 3.95. The Hall–Kier alpha value is -3.33. The van der Waals surface area contributed by atoms with Crippen LogP contribution in [-0.4, -0.2) is 0 Å². The molecule has 0 radical (unpaired) electrons. The van der Waals surface area contributed by atoms with E-state index in [4.69, 9.17) is 4.74 Å². The van der Waals surface area contributed by atoms with Crippen molar-refractivity contribution >= 4 is 0 Å². The molecule has 0 saturated heterocycles. The van der Waals surface area contributed by atoms with Crippen molar-refractivity contribution in [3.05, 3.63) is 89.2 Å². The van der Waals surface area contributed by atoms with Crippen molar-refractivity contribution in [2.24, 2.45) is 0 Å². The molecule has 0 saturated carbocycles. The van der Waals surface area contributed by atoms with Crippen LogP contribution >= 0.6 is 0 Å². The van der Waals surface area contributed by atoms with Gasteiger partial charge in [0, 0.05) is 5.56 Å². The van der Waals surface area contributed by atoms with Crippen LogP contribution in [0.4, 0.5) is 17.6 Å². The molecule has 3 rings (SSSR count). The molecule has 0 bridgehead atoms. The quantitative estimate of drug-likeness (QED) is 0.530. The first-order valence-electron chi connectivity index (χ1n) is 7.96. The van der Waals surface area contributed by atoms with Crippen molar-refractivity contribution in [3.8, 4) is 22.9 Å². The normalized spacial score (nSPS) is 11.1. The summed E-state index contributed by atoms with van der Waals surface area (Å²) in [4.78, 5) is 0. The summed E-state index contributed by atoms with van der Waals surface area (Å²) in [6.45, 7) is 0.203. The lowest BCUT2D eigenvalue weighted by atomic mass is 10.0. The fraction of sp³-hybridized carbons (Fsp3) is 0.0952. The molecule has 27 heavy (non-hydrogen) atoms. The highest BCUT2D eigenvalue weighted by Gasteiger charge is 2.31. The second kappa shape index (κ2) is 7.50. The predicted molar refractivity (Wildman–Crippen MR) is 92.3 cm³/mol. The second-order valence-corrected chi connectivity index (χ2v) is 5.79. The summed E-state index contributed by atoms with van der Waals surface area (Å²) in [5.74, 6) is -0.762. The van der Waals surface area contributed by atoms with E-state index < -0.39 is 17.6 Å². The van der Waals surface area contributed by atoms with Gasteiger partial charge in [0.05, 0.1) is 11.1 Å². The second-order valence-electron chi connectivity index (χ2n) is 5.79. The zero-order chi connectivity index (χ0) is 19.4. The minimum Gasteiger partial charge on any atom is -0.488 e. The average molecular weight is 371 g/mol. The van der Waals surface area contributed by atoms with Gasteiger partial charge in [0.2, 0.25) is 0 Å². The zero-order valence-electron chi connectivity index (χ0n) is 13.9. The van der Waals surface area contributed by atoms with E-state index >= 15 is 0 Å². The minimum absolute atomic E-state index is 0.00273. The molecular weight excluding hydrogens is 358 g/mol. The third-order valence-electron chi connectivity index (χ3n) is 3.95. The summed E-state index contributed by atoms with van der Waals surface area (Å²) >= 11 is 0. The van der Waals surface area contributed by atoms with Crippen LogP contribution in [0.25, 0.3) is 11.1 Å². The molecule has 0 spiro atoms. The zero-order valence-corrected chi connectivity index (χ0v) is 13.9. The van der Waals surface area contributed by atoms with Crippen molar-refractivity contribution in [3.63, 3.8) is 0 Å². The fourth-order valence-corrected chi connectivity index (χ4v) is 2.56. The lowest BCUT2D eigenvalue weighted by Gasteiger charge is -2.12. The van der Waals surface area contributed by atoms with Gasteiger partial charge in [-0.25, -0.2) is 4.39 Å². The first-order chi connectivity index (χ1) is 12.9. The molecule has 2 nitrogen and oxygen atoms in total. The van der Waals surface area contributed by atoms with Crippen LogP contribution in [-0.2, 0) is 12.8 Å². The van der Waals surface area contributed by atoms with Crippen LogP contribution in [0.2, 0.25) is 0 Å². The van der Waals surface area contributed by atoms with Gasteiger partial charge >= 0.3 is 6.18 Å². The van der Waals surface area contributed by atoms with Crippen molar-refractivity contribution < 1.29 is 22.3 Å². The predicted octanol–water partition coefficient (Wildman–Crippen LogP) is 5.96. The van der Waals surface area contributed by atoms with Crippen LogP contribution in [0.1, 0.15) is 16.7 Å². The highest BCUT2D eigenvalue weighted by molar-refractivity contribution is 5.68. The average Bonchev–Trinajstić information content (AvgIpc) is 2.66. The van der Waals surface area contributed by atoms with Gasteiger partial charge in [0.15, 0.2) is 0 Å². The van der Waals surface area contributed by atoms with E-state index in [2.05, 4.69) is 0 Å². The monoisotopic (exact) mass is 371 g/mol. The van der Waals surface area contributed by atoms with Gasteiger partial charge in [-0.3, -0.25) is 0 Å². The van der Waals surface area contributed by atoms with E-state index in [-0.39, 0.29) is 23.5 Å². The molecule has 0 aliphatic carbocycles. The maximum Gasteiger partial charge on any atom is 0.416 e.